The summed E-state index contributed by atoms with van der Waals surface area (Å²) in [5.41, 5.74) is 0.131. The zero-order chi connectivity index (χ0) is 36.6. The van der Waals surface area contributed by atoms with Gasteiger partial charge in [0.05, 0.1) is 20.1 Å². The van der Waals surface area contributed by atoms with Gasteiger partial charge in [0.15, 0.2) is 0 Å². The molecule has 8 heteroatoms. The Morgan fingerprint density at radius 1 is 0.540 bits per heavy atom. The molecule has 4 aromatic carbocycles. The molecule has 0 N–H and O–H groups in total. The van der Waals surface area contributed by atoms with Crippen molar-refractivity contribution in [1.82, 2.24) is 0 Å². The van der Waals surface area contributed by atoms with Crippen LogP contribution in [0.2, 0.25) is 10.1 Å². The lowest BCUT2D eigenvalue weighted by molar-refractivity contribution is -0.149. The fourth-order valence-corrected chi connectivity index (χ4v) is 16.4. The van der Waals surface area contributed by atoms with Crippen LogP contribution in [0.1, 0.15) is 41.5 Å². The lowest BCUT2D eigenvalue weighted by atomic mass is 9.87. The van der Waals surface area contributed by atoms with E-state index in [2.05, 4.69) is 96.7 Å². The smallest absolute Gasteiger partial charge is 0.333 e. The Kier molecular flexibility index (Phi) is 12.6. The first-order chi connectivity index (χ1) is 23.7. The molecule has 0 saturated carbocycles. The molecule has 0 aliphatic rings. The van der Waals surface area contributed by atoms with Gasteiger partial charge in [-0.1, -0.05) is 169 Å². The van der Waals surface area contributed by atoms with Crippen molar-refractivity contribution in [2.45, 2.75) is 51.6 Å². The molecule has 0 bridgehead atoms. The molecule has 0 aliphatic carbocycles. The van der Waals surface area contributed by atoms with E-state index in [4.69, 9.17) is 18.3 Å². The Hall–Kier alpha value is -4.09. The van der Waals surface area contributed by atoms with Crippen LogP contribution >= 0.6 is 0 Å². The third kappa shape index (κ3) is 7.79. The van der Waals surface area contributed by atoms with Gasteiger partial charge in [-0.15, -0.1) is 0 Å². The summed E-state index contributed by atoms with van der Waals surface area (Å²) in [7, 11) is -3.45. The second-order valence-corrected chi connectivity index (χ2v) is 23.3. The number of benzene rings is 4. The minimum absolute atomic E-state index is 0.0189. The second-order valence-electron chi connectivity index (χ2n) is 14.7. The van der Waals surface area contributed by atoms with Crippen molar-refractivity contribution in [2.75, 3.05) is 27.4 Å². The van der Waals surface area contributed by atoms with Crippen LogP contribution in [0.5, 0.6) is 0 Å². The zero-order valence-electron chi connectivity index (χ0n) is 30.8. The summed E-state index contributed by atoms with van der Waals surface area (Å²) in [5.74, 6) is -2.86. The van der Waals surface area contributed by atoms with Crippen molar-refractivity contribution in [2.24, 2.45) is 11.8 Å². The van der Waals surface area contributed by atoms with Crippen LogP contribution in [0.4, 0.5) is 0 Å². The summed E-state index contributed by atoms with van der Waals surface area (Å²) in [6.07, 6.45) is 0. The molecule has 0 saturated heterocycles. The normalized spacial score (nSPS) is 13.6. The summed E-state index contributed by atoms with van der Waals surface area (Å²) in [5, 5.41) is 3.65. The van der Waals surface area contributed by atoms with E-state index in [0.717, 1.165) is 20.7 Å². The van der Waals surface area contributed by atoms with Crippen LogP contribution in [-0.2, 0) is 27.9 Å². The van der Waals surface area contributed by atoms with Crippen molar-refractivity contribution in [3.05, 3.63) is 133 Å². The van der Waals surface area contributed by atoms with E-state index >= 15 is 0 Å². The van der Waals surface area contributed by atoms with Gasteiger partial charge in [0.1, 0.15) is 0 Å². The molecule has 264 valence electrons. The van der Waals surface area contributed by atoms with Crippen LogP contribution in [0, 0.1) is 11.8 Å². The Balaban J connectivity index is 1.87. The molecule has 0 heterocycles. The molecule has 0 aromatic heterocycles. The number of hydrogen-bond acceptors (Lipinski definition) is 6. The molecule has 0 fully saturated rings. The van der Waals surface area contributed by atoms with E-state index in [1.807, 2.05) is 72.8 Å². The van der Waals surface area contributed by atoms with Crippen LogP contribution in [0.3, 0.4) is 0 Å². The monoisotopic (exact) mass is 708 g/mol. The Bertz CT molecular complexity index is 1620. The topological polar surface area (TPSA) is 71.1 Å². The van der Waals surface area contributed by atoms with Gasteiger partial charge in [0.2, 0.25) is 0 Å². The quantitative estimate of drug-likeness (QED) is 0.0874. The number of carbonyl (C=O) groups is 2. The molecule has 0 radical (unpaired) electrons. The SMILES string of the molecule is C=C(C(=O)OC)[C@@H](CO[Si](c1ccccc1)(c1ccccc1)C(C)(C)C)[C@@H](CO[Si](c1ccccc1)(c1ccccc1)C(C)(C)C)C(=O)OC. The standard InChI is InChI=1S/C42H52O6Si2/c1-32(39(43)45-8)37(30-47-49(41(2,3)4,33-22-14-10-15-23-33)34-24-16-11-17-25-34)38(40(44)46-9)31-48-50(42(5,6)7,35-26-18-12-19-27-35)36-28-20-13-21-29-36/h10-29,37-38H,1,30-31H2,2-9H3/t37-,38-/m1/s1. The molecular weight excluding hydrogens is 657 g/mol. The number of ether oxygens (including phenoxy) is 2. The fraction of sp³-hybridized carbons (Fsp3) is 0.333. The van der Waals surface area contributed by atoms with Gasteiger partial charge >= 0.3 is 11.9 Å². The maximum Gasteiger partial charge on any atom is 0.333 e. The maximum atomic E-state index is 13.9. The van der Waals surface area contributed by atoms with E-state index in [-0.39, 0.29) is 28.9 Å². The average molecular weight is 709 g/mol. The van der Waals surface area contributed by atoms with Crippen molar-refractivity contribution in [3.63, 3.8) is 0 Å². The van der Waals surface area contributed by atoms with E-state index in [1.165, 1.54) is 14.2 Å². The van der Waals surface area contributed by atoms with Crippen molar-refractivity contribution >= 4 is 49.3 Å². The lowest BCUT2D eigenvalue weighted by Gasteiger charge is -2.45. The fourth-order valence-electron chi connectivity index (χ4n) is 7.19. The number of esters is 2. The largest absolute Gasteiger partial charge is 0.469 e. The van der Waals surface area contributed by atoms with Crippen LogP contribution in [0.25, 0.3) is 0 Å². The summed E-state index contributed by atoms with van der Waals surface area (Å²) < 4.78 is 25.2. The van der Waals surface area contributed by atoms with Crippen molar-refractivity contribution < 1.29 is 27.9 Å². The maximum absolute atomic E-state index is 13.9. The van der Waals surface area contributed by atoms with Gasteiger partial charge in [-0.2, -0.15) is 0 Å². The van der Waals surface area contributed by atoms with Gasteiger partial charge in [0.25, 0.3) is 16.6 Å². The molecule has 50 heavy (non-hydrogen) atoms. The first-order valence-electron chi connectivity index (χ1n) is 17.1. The summed E-state index contributed by atoms with van der Waals surface area (Å²) in [6.45, 7) is 17.3. The van der Waals surface area contributed by atoms with Gasteiger partial charge in [-0.3, -0.25) is 4.79 Å². The van der Waals surface area contributed by atoms with E-state index in [9.17, 15) is 9.59 Å². The van der Waals surface area contributed by atoms with E-state index < -0.39 is 40.4 Å². The number of rotatable bonds is 14. The Labute approximate surface area is 300 Å². The molecule has 0 spiro atoms. The molecular formula is C42H52O6Si2. The van der Waals surface area contributed by atoms with Crippen molar-refractivity contribution in [1.29, 1.82) is 0 Å². The third-order valence-electron chi connectivity index (χ3n) is 9.68. The van der Waals surface area contributed by atoms with Gasteiger partial charge < -0.3 is 18.3 Å². The van der Waals surface area contributed by atoms with Crippen molar-refractivity contribution in [3.8, 4) is 0 Å². The highest BCUT2D eigenvalue weighted by Gasteiger charge is 2.53. The molecule has 6 nitrogen and oxygen atoms in total. The summed E-state index contributed by atoms with van der Waals surface area (Å²) in [4.78, 5) is 27.2. The zero-order valence-corrected chi connectivity index (χ0v) is 32.8. The number of methoxy groups -OCH3 is 2. The van der Waals surface area contributed by atoms with Crippen LogP contribution in [-0.4, -0.2) is 56.0 Å². The van der Waals surface area contributed by atoms with E-state index in [1.54, 1.807) is 0 Å². The first kappa shape index (κ1) is 38.7. The third-order valence-corrected chi connectivity index (χ3v) is 19.7. The highest BCUT2D eigenvalue weighted by molar-refractivity contribution is 7.00. The summed E-state index contributed by atoms with van der Waals surface area (Å²) in [6, 6.07) is 41.0. The Morgan fingerprint density at radius 3 is 1.10 bits per heavy atom. The molecule has 4 aromatic rings. The highest BCUT2D eigenvalue weighted by Crippen LogP contribution is 2.40. The predicted octanol–water partition coefficient (Wildman–Crippen LogP) is 6.27. The molecule has 2 atom stereocenters. The molecule has 0 unspecified atom stereocenters. The number of hydrogen-bond donors (Lipinski definition) is 0. The minimum Gasteiger partial charge on any atom is -0.469 e. The Morgan fingerprint density at radius 2 is 0.840 bits per heavy atom. The molecule has 4 rings (SSSR count). The highest BCUT2D eigenvalue weighted by atomic mass is 28.4. The van der Waals surface area contributed by atoms with Gasteiger partial charge in [0, 0.05) is 24.7 Å². The first-order valence-corrected chi connectivity index (χ1v) is 20.9. The second kappa shape index (κ2) is 16.3. The molecule has 0 aliphatic heterocycles. The number of carbonyl (C=O) groups excluding carboxylic acids is 2. The van der Waals surface area contributed by atoms with Crippen LogP contribution < -0.4 is 20.7 Å². The van der Waals surface area contributed by atoms with Crippen LogP contribution in [0.15, 0.2) is 133 Å². The van der Waals surface area contributed by atoms with Gasteiger partial charge in [-0.25, -0.2) is 4.79 Å². The summed E-state index contributed by atoms with van der Waals surface area (Å²) >= 11 is 0. The average Bonchev–Trinajstić information content (AvgIpc) is 3.12. The van der Waals surface area contributed by atoms with Gasteiger partial charge in [-0.05, 0) is 30.8 Å². The predicted molar refractivity (Wildman–Crippen MR) is 207 cm³/mol. The minimum atomic E-state index is -3.07. The molecule has 0 amide bonds. The lowest BCUT2D eigenvalue weighted by Crippen LogP contribution is -2.67. The van der Waals surface area contributed by atoms with E-state index in [0.29, 0.717) is 0 Å².